The first-order chi connectivity index (χ1) is 21.3. The highest BCUT2D eigenvalue weighted by molar-refractivity contribution is 5.77. The molecule has 20 heteroatoms. The largest absolute Gasteiger partial charge is 0.416 e. The Labute approximate surface area is 258 Å². The fraction of sp³-hybridized carbons (Fsp3) is 0.538. The van der Waals surface area contributed by atoms with Gasteiger partial charge >= 0.3 is 12.4 Å². The molecular weight excluding hydrogens is 638 g/mol. The van der Waals surface area contributed by atoms with Gasteiger partial charge in [0.15, 0.2) is 11.4 Å². The van der Waals surface area contributed by atoms with Crippen LogP contribution in [0.1, 0.15) is 64.5 Å². The van der Waals surface area contributed by atoms with E-state index in [1.54, 1.807) is 13.8 Å². The lowest BCUT2D eigenvalue weighted by Crippen LogP contribution is -2.26. The van der Waals surface area contributed by atoms with E-state index in [2.05, 4.69) is 0 Å². The van der Waals surface area contributed by atoms with Gasteiger partial charge in [0.1, 0.15) is 0 Å². The Balaban J connectivity index is 0.000000460. The summed E-state index contributed by atoms with van der Waals surface area (Å²) in [4.78, 5) is 43.3. The Kier molecular flexibility index (Phi) is 14.1. The van der Waals surface area contributed by atoms with Crippen LogP contribution in [0.15, 0.2) is 24.3 Å². The van der Waals surface area contributed by atoms with Crippen LogP contribution in [0.25, 0.3) is 0 Å². The molecule has 0 atom stereocenters. The molecule has 0 bridgehead atoms. The number of nitrogens with zero attached hydrogens (tertiary/aromatic N) is 6. The molecule has 14 nitrogen and oxygen atoms in total. The second kappa shape index (κ2) is 16.5. The molecule has 0 heterocycles. The molecule has 0 aliphatic rings. The number of benzene rings is 2. The molecule has 0 aliphatic carbocycles. The summed E-state index contributed by atoms with van der Waals surface area (Å²) in [6, 6.07) is 1.38. The molecule has 0 unspecified atom stereocenters. The number of alkyl halides is 6. The van der Waals surface area contributed by atoms with Gasteiger partial charge in [-0.2, -0.15) is 26.3 Å². The summed E-state index contributed by atoms with van der Waals surface area (Å²) in [5.41, 5.74) is -7.24. The summed E-state index contributed by atoms with van der Waals surface area (Å²) < 4.78 is 77.0. The minimum absolute atomic E-state index is 0.201. The van der Waals surface area contributed by atoms with Crippen LogP contribution >= 0.6 is 0 Å². The molecule has 0 aromatic heterocycles. The average molecular weight is 671 g/mol. The van der Waals surface area contributed by atoms with Crippen LogP contribution in [-0.2, 0) is 12.4 Å². The zero-order chi connectivity index (χ0) is 35.6. The highest BCUT2D eigenvalue weighted by Crippen LogP contribution is 2.44. The van der Waals surface area contributed by atoms with Crippen LogP contribution in [0.4, 0.5) is 60.5 Å². The Morgan fingerprint density at radius 2 is 0.783 bits per heavy atom. The summed E-state index contributed by atoms with van der Waals surface area (Å²) in [6.07, 6.45) is -7.15. The predicted octanol–water partition coefficient (Wildman–Crippen LogP) is 8.30. The number of hydrogen-bond donors (Lipinski definition) is 0. The van der Waals surface area contributed by atoms with Gasteiger partial charge in [-0.25, -0.2) is 0 Å². The number of nitro groups is 4. The Morgan fingerprint density at radius 1 is 0.543 bits per heavy atom. The molecule has 0 amide bonds. The van der Waals surface area contributed by atoms with E-state index in [1.807, 2.05) is 13.8 Å². The minimum Gasteiger partial charge on any atom is -0.361 e. The number of unbranched alkanes of at least 4 members (excludes halogenated alkanes) is 2. The topological polar surface area (TPSA) is 179 Å². The maximum absolute atomic E-state index is 12.8. The van der Waals surface area contributed by atoms with E-state index in [0.717, 1.165) is 12.8 Å². The SMILES string of the molecule is CCCCN(CC)c1c([N+](=O)[O-])cc(C(F)(F)F)cc1[N+](=O)[O-].CCCCN(CC)c1c([N+](=O)[O-])cc(C(F)(F)F)cc1[N+](=O)[O-]. The number of halogens is 6. The third kappa shape index (κ3) is 10.1. The molecule has 46 heavy (non-hydrogen) atoms. The Hall–Kier alpha value is -4.78. The normalized spacial score (nSPS) is 11.3. The molecule has 0 radical (unpaired) electrons. The zero-order valence-electron chi connectivity index (χ0n) is 25.2. The van der Waals surface area contributed by atoms with Gasteiger partial charge in [0, 0.05) is 50.4 Å². The van der Waals surface area contributed by atoms with Crippen molar-refractivity contribution in [3.63, 3.8) is 0 Å². The summed E-state index contributed by atoms with van der Waals surface area (Å²) >= 11 is 0. The first-order valence-corrected chi connectivity index (χ1v) is 13.8. The molecule has 0 fully saturated rings. The summed E-state index contributed by atoms with van der Waals surface area (Å²) in [6.45, 7) is 7.94. The summed E-state index contributed by atoms with van der Waals surface area (Å²) in [7, 11) is 0. The van der Waals surface area contributed by atoms with Crippen molar-refractivity contribution in [1.29, 1.82) is 0 Å². The van der Waals surface area contributed by atoms with Gasteiger partial charge in [0.2, 0.25) is 0 Å². The number of hydrogen-bond acceptors (Lipinski definition) is 10. The maximum atomic E-state index is 12.8. The van der Waals surface area contributed by atoms with E-state index in [-0.39, 0.29) is 37.6 Å². The summed E-state index contributed by atoms with van der Waals surface area (Å²) in [5.74, 6) is 0. The van der Waals surface area contributed by atoms with E-state index in [1.165, 1.54) is 9.80 Å². The molecule has 256 valence electrons. The average Bonchev–Trinajstić information content (AvgIpc) is 2.96. The quantitative estimate of drug-likeness (QED) is 0.108. The van der Waals surface area contributed by atoms with E-state index >= 15 is 0 Å². The fourth-order valence-electron chi connectivity index (χ4n) is 4.29. The van der Waals surface area contributed by atoms with Crippen molar-refractivity contribution in [2.45, 2.75) is 65.7 Å². The van der Waals surface area contributed by atoms with E-state index < -0.39 is 65.9 Å². The number of anilines is 2. The van der Waals surface area contributed by atoms with Gasteiger partial charge in [-0.1, -0.05) is 26.7 Å². The standard InChI is InChI=1S/2C13H16F3N3O4/c2*1-3-5-6-17(4-2)12-10(18(20)21)7-9(13(14,15)16)8-11(12)19(22)23/h2*7-8H,3-6H2,1-2H3. The molecule has 2 aromatic rings. The minimum atomic E-state index is -4.91. The third-order valence-electron chi connectivity index (χ3n) is 6.54. The second-order valence-corrected chi connectivity index (χ2v) is 9.62. The Morgan fingerprint density at radius 3 is 0.935 bits per heavy atom. The second-order valence-electron chi connectivity index (χ2n) is 9.62. The third-order valence-corrected chi connectivity index (χ3v) is 6.54. The molecule has 0 spiro atoms. The van der Waals surface area contributed by atoms with Crippen molar-refractivity contribution in [3.05, 3.63) is 75.8 Å². The van der Waals surface area contributed by atoms with Crippen LogP contribution in [0.2, 0.25) is 0 Å². The molecule has 0 saturated heterocycles. The highest BCUT2D eigenvalue weighted by Gasteiger charge is 2.40. The fourth-order valence-corrected chi connectivity index (χ4v) is 4.29. The number of rotatable bonds is 14. The van der Waals surface area contributed by atoms with Crippen LogP contribution in [0, 0.1) is 40.5 Å². The Bertz CT molecular complexity index is 1240. The smallest absolute Gasteiger partial charge is 0.361 e. The van der Waals surface area contributed by atoms with Crippen molar-refractivity contribution in [2.75, 3.05) is 36.0 Å². The van der Waals surface area contributed by atoms with E-state index in [9.17, 15) is 66.8 Å². The summed E-state index contributed by atoms with van der Waals surface area (Å²) in [5, 5.41) is 44.6. The van der Waals surface area contributed by atoms with Crippen molar-refractivity contribution in [3.8, 4) is 0 Å². The molecule has 2 aromatic carbocycles. The van der Waals surface area contributed by atoms with Crippen LogP contribution in [-0.4, -0.2) is 45.9 Å². The number of nitro benzene ring substituents is 4. The van der Waals surface area contributed by atoms with Crippen LogP contribution < -0.4 is 9.80 Å². The highest BCUT2D eigenvalue weighted by atomic mass is 19.4. The lowest BCUT2D eigenvalue weighted by Gasteiger charge is -2.23. The van der Waals surface area contributed by atoms with Gasteiger partial charge in [-0.05, 0) is 26.7 Å². The van der Waals surface area contributed by atoms with Crippen molar-refractivity contribution in [1.82, 2.24) is 0 Å². The van der Waals surface area contributed by atoms with Crippen LogP contribution in [0.3, 0.4) is 0 Å². The van der Waals surface area contributed by atoms with Gasteiger partial charge in [-0.3, -0.25) is 40.5 Å². The maximum Gasteiger partial charge on any atom is 0.416 e. The van der Waals surface area contributed by atoms with Gasteiger partial charge in [0.25, 0.3) is 22.7 Å². The molecule has 0 N–H and O–H groups in total. The van der Waals surface area contributed by atoms with Crippen molar-refractivity contribution < 1.29 is 46.0 Å². The first-order valence-electron chi connectivity index (χ1n) is 13.8. The molecule has 0 aliphatic heterocycles. The molecular formula is C26H32F6N6O8. The van der Waals surface area contributed by atoms with Crippen molar-refractivity contribution in [2.24, 2.45) is 0 Å². The monoisotopic (exact) mass is 670 g/mol. The predicted molar refractivity (Wildman–Crippen MR) is 155 cm³/mol. The lowest BCUT2D eigenvalue weighted by molar-refractivity contribution is -0.393. The van der Waals surface area contributed by atoms with Gasteiger partial charge in [-0.15, -0.1) is 0 Å². The van der Waals surface area contributed by atoms with E-state index in [4.69, 9.17) is 0 Å². The van der Waals surface area contributed by atoms with Gasteiger partial charge in [0.05, 0.1) is 30.8 Å². The van der Waals surface area contributed by atoms with E-state index in [0.29, 0.717) is 37.1 Å². The molecule has 2 rings (SSSR count). The zero-order valence-corrected chi connectivity index (χ0v) is 25.2. The lowest BCUT2D eigenvalue weighted by atomic mass is 10.1. The first kappa shape index (κ1) is 39.2. The van der Waals surface area contributed by atoms with Gasteiger partial charge < -0.3 is 9.80 Å². The van der Waals surface area contributed by atoms with Crippen molar-refractivity contribution >= 4 is 34.1 Å². The van der Waals surface area contributed by atoms with Crippen LogP contribution in [0.5, 0.6) is 0 Å². The molecule has 0 saturated carbocycles.